The molecule has 0 radical (unpaired) electrons. The van der Waals surface area contributed by atoms with E-state index in [0.717, 1.165) is 0 Å². The molecule has 12 heavy (non-hydrogen) atoms. The fraction of sp³-hybridized carbons (Fsp3) is 0.700. The van der Waals surface area contributed by atoms with Gasteiger partial charge in [0.2, 0.25) is 5.91 Å². The van der Waals surface area contributed by atoms with Crippen molar-refractivity contribution >= 4 is 5.91 Å². The Kier molecular flexibility index (Phi) is 4.01. The molecule has 2 heteroatoms. The van der Waals surface area contributed by atoms with Gasteiger partial charge in [-0.05, 0) is 19.8 Å². The largest absolute Gasteiger partial charge is 0.358 e. The molecular weight excluding hydrogens is 150 g/mol. The van der Waals surface area contributed by atoms with Crippen molar-refractivity contribution in [2.75, 3.05) is 7.05 Å². The number of hydrogen-bond acceptors (Lipinski definition) is 1. The van der Waals surface area contributed by atoms with Gasteiger partial charge in [-0.1, -0.05) is 26.0 Å². The minimum absolute atomic E-state index is 0.0550. The highest BCUT2D eigenvalue weighted by Crippen LogP contribution is 2.17. The van der Waals surface area contributed by atoms with Gasteiger partial charge in [0, 0.05) is 7.05 Å². The summed E-state index contributed by atoms with van der Waals surface area (Å²) < 4.78 is 0. The van der Waals surface area contributed by atoms with Crippen LogP contribution >= 0.6 is 0 Å². The van der Waals surface area contributed by atoms with Gasteiger partial charge in [-0.25, -0.2) is 0 Å². The van der Waals surface area contributed by atoms with E-state index in [1.165, 1.54) is 0 Å². The van der Waals surface area contributed by atoms with Gasteiger partial charge >= 0.3 is 0 Å². The number of hydrogen-bond donors (Lipinski definition) is 1. The maximum Gasteiger partial charge on any atom is 0.229 e. The lowest BCUT2D eigenvalue weighted by molar-refractivity contribution is -0.126. The van der Waals surface area contributed by atoms with Crippen LogP contribution in [0.1, 0.15) is 27.7 Å². The van der Waals surface area contributed by atoms with Gasteiger partial charge in [-0.3, -0.25) is 4.79 Å². The summed E-state index contributed by atoms with van der Waals surface area (Å²) in [7, 11) is 1.66. The third-order valence-electron chi connectivity index (χ3n) is 1.71. The molecule has 0 aliphatic carbocycles. The molecule has 0 aromatic rings. The summed E-state index contributed by atoms with van der Waals surface area (Å²) in [4.78, 5) is 11.3. The standard InChI is InChI=1S/C10H19NO/c1-8(2)6-7-10(3,4)9(12)11-5/h6-8H,1-5H3,(H,11,12)/b7-6+. The van der Waals surface area contributed by atoms with E-state index >= 15 is 0 Å². The first-order chi connectivity index (χ1) is 5.40. The first kappa shape index (κ1) is 11.2. The lowest BCUT2D eigenvalue weighted by Gasteiger charge is -2.17. The van der Waals surface area contributed by atoms with E-state index in [0.29, 0.717) is 5.92 Å². The zero-order valence-electron chi connectivity index (χ0n) is 8.64. The summed E-state index contributed by atoms with van der Waals surface area (Å²) in [6.45, 7) is 8.00. The van der Waals surface area contributed by atoms with Crippen LogP contribution in [0.5, 0.6) is 0 Å². The lowest BCUT2D eigenvalue weighted by atomic mass is 9.91. The summed E-state index contributed by atoms with van der Waals surface area (Å²) in [6, 6.07) is 0. The van der Waals surface area contributed by atoms with Crippen LogP contribution in [0.25, 0.3) is 0 Å². The number of carbonyl (C=O) groups excluding carboxylic acids is 1. The Hall–Kier alpha value is -0.790. The summed E-state index contributed by atoms with van der Waals surface area (Å²) in [5, 5.41) is 2.64. The summed E-state index contributed by atoms with van der Waals surface area (Å²) in [6.07, 6.45) is 4.01. The molecule has 1 N–H and O–H groups in total. The monoisotopic (exact) mass is 169 g/mol. The van der Waals surface area contributed by atoms with E-state index in [1.54, 1.807) is 7.05 Å². The Bertz CT molecular complexity index is 180. The quantitative estimate of drug-likeness (QED) is 0.643. The Balaban J connectivity index is 4.31. The molecule has 0 aliphatic heterocycles. The average molecular weight is 169 g/mol. The topological polar surface area (TPSA) is 29.1 Å². The average Bonchev–Trinajstić information content (AvgIpc) is 1.99. The van der Waals surface area contributed by atoms with Crippen LogP contribution in [-0.4, -0.2) is 13.0 Å². The third-order valence-corrected chi connectivity index (χ3v) is 1.71. The van der Waals surface area contributed by atoms with Crippen molar-refractivity contribution in [3.8, 4) is 0 Å². The summed E-state index contributed by atoms with van der Waals surface area (Å²) >= 11 is 0. The van der Waals surface area contributed by atoms with Gasteiger partial charge in [-0.2, -0.15) is 0 Å². The van der Waals surface area contributed by atoms with Gasteiger partial charge in [0.25, 0.3) is 0 Å². The van der Waals surface area contributed by atoms with Crippen molar-refractivity contribution in [1.29, 1.82) is 0 Å². The van der Waals surface area contributed by atoms with Gasteiger partial charge < -0.3 is 5.32 Å². The van der Waals surface area contributed by atoms with Crippen molar-refractivity contribution in [2.24, 2.45) is 11.3 Å². The van der Waals surface area contributed by atoms with E-state index in [4.69, 9.17) is 0 Å². The number of carbonyl (C=O) groups is 1. The molecule has 0 atom stereocenters. The number of rotatable bonds is 3. The van der Waals surface area contributed by atoms with E-state index in [9.17, 15) is 4.79 Å². The van der Waals surface area contributed by atoms with Crippen molar-refractivity contribution in [3.63, 3.8) is 0 Å². The molecule has 0 heterocycles. The maximum absolute atomic E-state index is 11.3. The summed E-state index contributed by atoms with van der Waals surface area (Å²) in [5.41, 5.74) is -0.390. The maximum atomic E-state index is 11.3. The molecule has 0 saturated carbocycles. The fourth-order valence-corrected chi connectivity index (χ4v) is 0.831. The molecular formula is C10H19NO. The van der Waals surface area contributed by atoms with E-state index in [1.807, 2.05) is 19.9 Å². The van der Waals surface area contributed by atoms with Crippen LogP contribution in [0.15, 0.2) is 12.2 Å². The Morgan fingerprint density at radius 3 is 2.25 bits per heavy atom. The van der Waals surface area contributed by atoms with Crippen molar-refractivity contribution in [3.05, 3.63) is 12.2 Å². The van der Waals surface area contributed by atoms with Gasteiger partial charge in [0.1, 0.15) is 0 Å². The number of amides is 1. The van der Waals surface area contributed by atoms with Crippen LogP contribution in [0.3, 0.4) is 0 Å². The number of allylic oxidation sites excluding steroid dienone is 1. The van der Waals surface area contributed by atoms with Crippen molar-refractivity contribution < 1.29 is 4.79 Å². The molecule has 1 amide bonds. The molecule has 0 fully saturated rings. The lowest BCUT2D eigenvalue weighted by Crippen LogP contribution is -2.32. The molecule has 2 nitrogen and oxygen atoms in total. The Morgan fingerprint density at radius 1 is 1.42 bits per heavy atom. The van der Waals surface area contributed by atoms with Gasteiger partial charge in [0.05, 0.1) is 5.41 Å². The highest BCUT2D eigenvalue weighted by atomic mass is 16.2. The normalized spacial score (nSPS) is 12.5. The van der Waals surface area contributed by atoms with Crippen LogP contribution in [0.2, 0.25) is 0 Å². The van der Waals surface area contributed by atoms with Gasteiger partial charge in [-0.15, -0.1) is 0 Å². The molecule has 0 bridgehead atoms. The molecule has 0 aromatic heterocycles. The molecule has 0 aliphatic rings. The second kappa shape index (κ2) is 4.29. The molecule has 0 spiro atoms. The van der Waals surface area contributed by atoms with Gasteiger partial charge in [0.15, 0.2) is 0 Å². The third kappa shape index (κ3) is 3.56. The van der Waals surface area contributed by atoms with Crippen LogP contribution in [0.4, 0.5) is 0 Å². The molecule has 0 aromatic carbocycles. The predicted molar refractivity (Wildman–Crippen MR) is 51.8 cm³/mol. The van der Waals surface area contributed by atoms with Crippen LogP contribution in [-0.2, 0) is 4.79 Å². The second-order valence-corrected chi connectivity index (χ2v) is 3.90. The zero-order chi connectivity index (χ0) is 9.78. The molecule has 70 valence electrons. The van der Waals surface area contributed by atoms with E-state index in [2.05, 4.69) is 25.2 Å². The van der Waals surface area contributed by atoms with Crippen molar-refractivity contribution in [1.82, 2.24) is 5.32 Å². The van der Waals surface area contributed by atoms with E-state index in [-0.39, 0.29) is 11.3 Å². The van der Waals surface area contributed by atoms with E-state index < -0.39 is 0 Å². The Morgan fingerprint density at radius 2 is 1.92 bits per heavy atom. The number of nitrogens with one attached hydrogen (secondary N) is 1. The first-order valence-electron chi connectivity index (χ1n) is 4.31. The smallest absolute Gasteiger partial charge is 0.229 e. The molecule has 0 rings (SSSR count). The highest BCUT2D eigenvalue weighted by molar-refractivity contribution is 5.83. The fourth-order valence-electron chi connectivity index (χ4n) is 0.831. The van der Waals surface area contributed by atoms with Crippen LogP contribution in [0, 0.1) is 11.3 Å². The minimum Gasteiger partial charge on any atom is -0.358 e. The zero-order valence-corrected chi connectivity index (χ0v) is 8.64. The Labute approximate surface area is 75.0 Å². The second-order valence-electron chi connectivity index (χ2n) is 3.90. The van der Waals surface area contributed by atoms with Crippen molar-refractivity contribution in [2.45, 2.75) is 27.7 Å². The highest BCUT2D eigenvalue weighted by Gasteiger charge is 2.22. The molecule has 0 unspecified atom stereocenters. The predicted octanol–water partition coefficient (Wildman–Crippen LogP) is 1.97. The molecule has 0 saturated heterocycles. The summed E-state index contributed by atoms with van der Waals surface area (Å²) in [5.74, 6) is 0.549. The first-order valence-corrected chi connectivity index (χ1v) is 4.31. The van der Waals surface area contributed by atoms with Crippen LogP contribution < -0.4 is 5.32 Å². The minimum atomic E-state index is -0.390. The SMILES string of the molecule is CNC(=O)C(C)(C)/C=C/C(C)C.